The first kappa shape index (κ1) is 12.2. The summed E-state index contributed by atoms with van der Waals surface area (Å²) >= 11 is 3.96. The zero-order chi connectivity index (χ0) is 11.2. The molecule has 0 fully saturated rings. The van der Waals surface area contributed by atoms with Gasteiger partial charge in [0.2, 0.25) is 0 Å². The molecule has 16 heavy (non-hydrogen) atoms. The lowest BCUT2D eigenvalue weighted by Gasteiger charge is -2.15. The number of hydrogen-bond donors (Lipinski definition) is 3. The van der Waals surface area contributed by atoms with E-state index in [-0.39, 0.29) is 0 Å². The monoisotopic (exact) mass is 238 g/mol. The molecule has 2 aliphatic carbocycles. The standard InChI is InChI=1S/C13H22N2S/c16-15-9-8-14-7-6-11-4-5-12-2-1-3-13(12)10-11/h10,14-16H,1-9H2. The highest BCUT2D eigenvalue weighted by Gasteiger charge is 2.17. The molecule has 0 radical (unpaired) electrons. The van der Waals surface area contributed by atoms with Gasteiger partial charge < -0.3 is 5.32 Å². The Bertz CT molecular complexity index is 294. The molecule has 2 nitrogen and oxygen atoms in total. The van der Waals surface area contributed by atoms with Gasteiger partial charge in [0, 0.05) is 13.1 Å². The van der Waals surface area contributed by atoms with Gasteiger partial charge in [0.1, 0.15) is 0 Å². The van der Waals surface area contributed by atoms with Crippen LogP contribution in [0.4, 0.5) is 0 Å². The van der Waals surface area contributed by atoms with Crippen LogP contribution in [0.15, 0.2) is 22.8 Å². The highest BCUT2D eigenvalue weighted by Crippen LogP contribution is 2.36. The third-order valence-corrected chi connectivity index (χ3v) is 3.77. The molecule has 0 atom stereocenters. The maximum atomic E-state index is 3.96. The minimum atomic E-state index is 0.928. The minimum Gasteiger partial charge on any atom is -0.315 e. The fourth-order valence-corrected chi connectivity index (χ4v) is 2.75. The lowest BCUT2D eigenvalue weighted by atomic mass is 9.92. The van der Waals surface area contributed by atoms with Gasteiger partial charge in [-0.3, -0.25) is 4.72 Å². The molecule has 0 heterocycles. The van der Waals surface area contributed by atoms with Crippen LogP contribution >= 0.6 is 12.8 Å². The van der Waals surface area contributed by atoms with Crippen LogP contribution in [-0.2, 0) is 0 Å². The van der Waals surface area contributed by atoms with Crippen molar-refractivity contribution in [2.45, 2.75) is 38.5 Å². The summed E-state index contributed by atoms with van der Waals surface area (Å²) in [5, 5.41) is 3.43. The van der Waals surface area contributed by atoms with Crippen molar-refractivity contribution >= 4 is 12.8 Å². The van der Waals surface area contributed by atoms with Crippen molar-refractivity contribution in [3.8, 4) is 0 Å². The Morgan fingerprint density at radius 1 is 1.06 bits per heavy atom. The molecule has 0 aromatic carbocycles. The first-order valence-electron chi connectivity index (χ1n) is 6.38. The largest absolute Gasteiger partial charge is 0.315 e. The van der Waals surface area contributed by atoms with E-state index in [1.54, 1.807) is 16.7 Å². The molecular weight excluding hydrogens is 216 g/mol. The molecule has 0 unspecified atom stereocenters. The summed E-state index contributed by atoms with van der Waals surface area (Å²) in [5.41, 5.74) is 5.06. The van der Waals surface area contributed by atoms with Gasteiger partial charge in [-0.05, 0) is 50.6 Å². The van der Waals surface area contributed by atoms with Gasteiger partial charge in [0.05, 0.1) is 0 Å². The Labute approximate surface area is 104 Å². The molecule has 2 aliphatic rings. The van der Waals surface area contributed by atoms with Gasteiger partial charge in [0.25, 0.3) is 0 Å². The topological polar surface area (TPSA) is 24.1 Å². The first-order valence-corrected chi connectivity index (χ1v) is 6.83. The SMILES string of the molecule is SNCCNCCC1=CC2=C(CCC2)CC1. The van der Waals surface area contributed by atoms with Crippen molar-refractivity contribution in [1.82, 2.24) is 10.0 Å². The zero-order valence-corrected chi connectivity index (χ0v) is 10.8. The third-order valence-electron chi connectivity index (χ3n) is 3.54. The van der Waals surface area contributed by atoms with Crippen molar-refractivity contribution in [2.24, 2.45) is 0 Å². The number of allylic oxidation sites excluding steroid dienone is 3. The smallest absolute Gasteiger partial charge is 0.0182 e. The number of nitrogens with one attached hydrogen (secondary N) is 2. The predicted octanol–water partition coefficient (Wildman–Crippen LogP) is 2.60. The van der Waals surface area contributed by atoms with E-state index in [0.717, 1.165) is 19.6 Å². The first-order chi connectivity index (χ1) is 7.90. The second-order valence-electron chi connectivity index (χ2n) is 4.69. The van der Waals surface area contributed by atoms with Crippen LogP contribution in [-0.4, -0.2) is 19.6 Å². The maximum Gasteiger partial charge on any atom is 0.0182 e. The van der Waals surface area contributed by atoms with E-state index in [2.05, 4.69) is 28.9 Å². The fraction of sp³-hybridized carbons (Fsp3) is 0.692. The molecule has 0 amide bonds. The van der Waals surface area contributed by atoms with Crippen LogP contribution in [0.1, 0.15) is 38.5 Å². The Morgan fingerprint density at radius 2 is 2.00 bits per heavy atom. The van der Waals surface area contributed by atoms with Crippen LogP contribution in [0, 0.1) is 0 Å². The summed E-state index contributed by atoms with van der Waals surface area (Å²) in [6.07, 6.45) is 10.4. The van der Waals surface area contributed by atoms with Gasteiger partial charge in [-0.25, -0.2) is 0 Å². The van der Waals surface area contributed by atoms with Crippen LogP contribution in [0.2, 0.25) is 0 Å². The molecule has 2 N–H and O–H groups in total. The summed E-state index contributed by atoms with van der Waals surface area (Å²) in [6, 6.07) is 0. The predicted molar refractivity (Wildman–Crippen MR) is 72.7 cm³/mol. The average Bonchev–Trinajstić information content (AvgIpc) is 2.76. The van der Waals surface area contributed by atoms with Crippen molar-refractivity contribution < 1.29 is 0 Å². The number of thiol groups is 1. The summed E-state index contributed by atoms with van der Waals surface area (Å²) in [4.78, 5) is 0. The van der Waals surface area contributed by atoms with Gasteiger partial charge in [-0.15, -0.1) is 0 Å². The van der Waals surface area contributed by atoms with Gasteiger partial charge in [-0.2, -0.15) is 0 Å². The molecule has 0 saturated heterocycles. The van der Waals surface area contributed by atoms with Crippen molar-refractivity contribution in [2.75, 3.05) is 19.6 Å². The van der Waals surface area contributed by atoms with Crippen molar-refractivity contribution in [3.05, 3.63) is 22.8 Å². The van der Waals surface area contributed by atoms with E-state index in [1.165, 1.54) is 38.5 Å². The van der Waals surface area contributed by atoms with E-state index in [1.807, 2.05) is 0 Å². The highest BCUT2D eigenvalue weighted by atomic mass is 32.1. The minimum absolute atomic E-state index is 0.928. The molecule has 0 aromatic heterocycles. The molecule has 0 aliphatic heterocycles. The number of rotatable bonds is 6. The van der Waals surface area contributed by atoms with Gasteiger partial charge in [-0.1, -0.05) is 30.0 Å². The second-order valence-corrected chi connectivity index (χ2v) is 5.01. The van der Waals surface area contributed by atoms with Crippen LogP contribution in [0.5, 0.6) is 0 Å². The van der Waals surface area contributed by atoms with Crippen molar-refractivity contribution in [1.29, 1.82) is 0 Å². The summed E-state index contributed by atoms with van der Waals surface area (Å²) in [5.74, 6) is 0. The third kappa shape index (κ3) is 3.37. The second kappa shape index (κ2) is 6.48. The molecule has 0 aromatic rings. The summed E-state index contributed by atoms with van der Waals surface area (Å²) < 4.78 is 2.85. The maximum absolute atomic E-state index is 3.96. The zero-order valence-electron chi connectivity index (χ0n) is 9.89. The molecule has 0 spiro atoms. The van der Waals surface area contributed by atoms with Gasteiger partial charge >= 0.3 is 0 Å². The van der Waals surface area contributed by atoms with E-state index in [9.17, 15) is 0 Å². The van der Waals surface area contributed by atoms with Crippen LogP contribution in [0.3, 0.4) is 0 Å². The van der Waals surface area contributed by atoms with Gasteiger partial charge in [0.15, 0.2) is 0 Å². The molecule has 90 valence electrons. The van der Waals surface area contributed by atoms with E-state index >= 15 is 0 Å². The molecule has 0 bridgehead atoms. The molecule has 0 saturated carbocycles. The number of hydrogen-bond acceptors (Lipinski definition) is 3. The quantitative estimate of drug-likeness (QED) is 0.489. The van der Waals surface area contributed by atoms with Crippen LogP contribution < -0.4 is 10.0 Å². The van der Waals surface area contributed by atoms with E-state index < -0.39 is 0 Å². The average molecular weight is 238 g/mol. The Morgan fingerprint density at radius 3 is 2.88 bits per heavy atom. The highest BCUT2D eigenvalue weighted by molar-refractivity contribution is 7.78. The normalized spacial score (nSPS) is 19.9. The lowest BCUT2D eigenvalue weighted by Crippen LogP contribution is -2.24. The fourth-order valence-electron chi connectivity index (χ4n) is 2.63. The van der Waals surface area contributed by atoms with Crippen molar-refractivity contribution in [3.63, 3.8) is 0 Å². The Hall–Kier alpha value is -0.250. The Kier molecular flexibility index (Phi) is 4.94. The molecule has 3 heteroatoms. The Balaban J connectivity index is 1.70. The molecule has 2 rings (SSSR count). The molecular formula is C13H22N2S. The van der Waals surface area contributed by atoms with E-state index in [4.69, 9.17) is 0 Å². The van der Waals surface area contributed by atoms with E-state index in [0.29, 0.717) is 0 Å². The summed E-state index contributed by atoms with van der Waals surface area (Å²) in [7, 11) is 0. The van der Waals surface area contributed by atoms with Crippen LogP contribution in [0.25, 0.3) is 0 Å². The lowest BCUT2D eigenvalue weighted by molar-refractivity contribution is 0.661. The summed E-state index contributed by atoms with van der Waals surface area (Å²) in [6.45, 7) is 3.03.